The Balaban J connectivity index is 1.66. The van der Waals surface area contributed by atoms with Gasteiger partial charge in [-0.15, -0.1) is 0 Å². The van der Waals surface area contributed by atoms with E-state index in [9.17, 15) is 4.79 Å². The number of piperidine rings is 1. The van der Waals surface area contributed by atoms with Gasteiger partial charge in [-0.2, -0.15) is 0 Å². The van der Waals surface area contributed by atoms with Gasteiger partial charge < -0.3 is 4.90 Å². The summed E-state index contributed by atoms with van der Waals surface area (Å²) in [5.41, 5.74) is 1.97. The van der Waals surface area contributed by atoms with Crippen LogP contribution in [0.5, 0.6) is 0 Å². The summed E-state index contributed by atoms with van der Waals surface area (Å²) in [6.45, 7) is 1.55. The average Bonchev–Trinajstić information content (AvgIpc) is 2.58. The van der Waals surface area contributed by atoms with Gasteiger partial charge >= 0.3 is 0 Å². The molecule has 0 aromatic heterocycles. The van der Waals surface area contributed by atoms with Crippen LogP contribution in [0.15, 0.2) is 48.5 Å². The molecule has 0 aliphatic carbocycles. The van der Waals surface area contributed by atoms with E-state index in [0.29, 0.717) is 21.5 Å². The summed E-state index contributed by atoms with van der Waals surface area (Å²) in [6.07, 6.45) is 1.99. The van der Waals surface area contributed by atoms with E-state index in [1.165, 1.54) is 5.56 Å². The van der Waals surface area contributed by atoms with Crippen molar-refractivity contribution in [1.82, 2.24) is 4.90 Å². The fourth-order valence-corrected chi connectivity index (χ4v) is 3.25. The van der Waals surface area contributed by atoms with Gasteiger partial charge in [-0.25, -0.2) is 0 Å². The van der Waals surface area contributed by atoms with Crippen LogP contribution in [0.2, 0.25) is 10.0 Å². The zero-order valence-electron chi connectivity index (χ0n) is 12.1. The van der Waals surface area contributed by atoms with Gasteiger partial charge in [-0.3, -0.25) is 4.79 Å². The molecule has 1 aliphatic heterocycles. The van der Waals surface area contributed by atoms with Crippen LogP contribution in [0.4, 0.5) is 0 Å². The van der Waals surface area contributed by atoms with Gasteiger partial charge in [0.2, 0.25) is 0 Å². The molecule has 0 radical (unpaired) electrons. The molecule has 0 saturated carbocycles. The molecule has 0 bridgehead atoms. The first-order chi connectivity index (χ1) is 10.6. The van der Waals surface area contributed by atoms with Crippen molar-refractivity contribution in [2.75, 3.05) is 13.1 Å². The summed E-state index contributed by atoms with van der Waals surface area (Å²) in [4.78, 5) is 14.4. The smallest absolute Gasteiger partial charge is 0.253 e. The molecule has 0 N–H and O–H groups in total. The second kappa shape index (κ2) is 6.72. The third-order valence-electron chi connectivity index (χ3n) is 4.22. The summed E-state index contributed by atoms with van der Waals surface area (Å²) >= 11 is 11.9. The molecule has 114 valence electrons. The predicted molar refractivity (Wildman–Crippen MR) is 90.8 cm³/mol. The van der Waals surface area contributed by atoms with Gasteiger partial charge in [0, 0.05) is 18.7 Å². The fraction of sp³-hybridized carbons (Fsp3) is 0.278. The molecule has 1 heterocycles. The van der Waals surface area contributed by atoms with Crippen LogP contribution < -0.4 is 0 Å². The van der Waals surface area contributed by atoms with Gasteiger partial charge in [0.05, 0.1) is 10.0 Å². The molecule has 2 aromatic rings. The number of amides is 1. The van der Waals surface area contributed by atoms with Crippen molar-refractivity contribution in [3.8, 4) is 0 Å². The largest absolute Gasteiger partial charge is 0.339 e. The topological polar surface area (TPSA) is 20.3 Å². The van der Waals surface area contributed by atoms with Crippen LogP contribution in [-0.4, -0.2) is 23.9 Å². The minimum absolute atomic E-state index is 0.0325. The van der Waals surface area contributed by atoms with Crippen LogP contribution in [-0.2, 0) is 0 Å². The molecule has 22 heavy (non-hydrogen) atoms. The zero-order chi connectivity index (χ0) is 15.5. The van der Waals surface area contributed by atoms with Gasteiger partial charge in [-0.1, -0.05) is 53.5 Å². The number of hydrogen-bond acceptors (Lipinski definition) is 1. The summed E-state index contributed by atoms with van der Waals surface area (Å²) in [5, 5.41) is 0.896. The molecule has 3 rings (SSSR count). The van der Waals surface area contributed by atoms with Gasteiger partial charge in [0.1, 0.15) is 0 Å². The van der Waals surface area contributed by atoms with E-state index in [2.05, 4.69) is 24.3 Å². The van der Waals surface area contributed by atoms with E-state index in [1.54, 1.807) is 18.2 Å². The van der Waals surface area contributed by atoms with E-state index in [4.69, 9.17) is 23.2 Å². The number of halogens is 2. The monoisotopic (exact) mass is 333 g/mol. The average molecular weight is 334 g/mol. The Bertz CT molecular complexity index is 664. The third kappa shape index (κ3) is 3.29. The summed E-state index contributed by atoms with van der Waals surface area (Å²) < 4.78 is 0. The summed E-state index contributed by atoms with van der Waals surface area (Å²) in [5.74, 6) is 0.573. The highest BCUT2D eigenvalue weighted by Crippen LogP contribution is 2.29. The van der Waals surface area contributed by atoms with Crippen molar-refractivity contribution in [2.24, 2.45) is 0 Å². The summed E-state index contributed by atoms with van der Waals surface area (Å²) in [7, 11) is 0. The highest BCUT2D eigenvalue weighted by Gasteiger charge is 2.24. The number of rotatable bonds is 2. The molecule has 2 nitrogen and oxygen atoms in total. The maximum absolute atomic E-state index is 12.5. The number of nitrogens with zero attached hydrogens (tertiary/aromatic N) is 1. The first-order valence-electron chi connectivity index (χ1n) is 7.44. The lowest BCUT2D eigenvalue weighted by Gasteiger charge is -2.32. The number of hydrogen-bond donors (Lipinski definition) is 0. The van der Waals surface area contributed by atoms with E-state index in [1.807, 2.05) is 11.0 Å². The second-order valence-corrected chi connectivity index (χ2v) is 6.42. The lowest BCUT2D eigenvalue weighted by molar-refractivity contribution is 0.0713. The molecular formula is C18H17Cl2NO. The third-order valence-corrected chi connectivity index (χ3v) is 4.96. The lowest BCUT2D eigenvalue weighted by Crippen LogP contribution is -2.37. The normalized spacial score (nSPS) is 15.8. The Labute approximate surface area is 140 Å². The standard InChI is InChI=1S/C18H17Cl2NO/c19-16-7-6-15(12-17(16)20)18(22)21-10-8-14(9-11-21)13-4-2-1-3-5-13/h1-7,12,14H,8-11H2. The van der Waals surface area contributed by atoms with Crippen LogP contribution in [0, 0.1) is 0 Å². The van der Waals surface area contributed by atoms with Crippen LogP contribution >= 0.6 is 23.2 Å². The van der Waals surface area contributed by atoms with E-state index in [-0.39, 0.29) is 5.91 Å². The quantitative estimate of drug-likeness (QED) is 0.756. The van der Waals surface area contributed by atoms with E-state index in [0.717, 1.165) is 25.9 Å². The molecule has 0 unspecified atom stereocenters. The van der Waals surface area contributed by atoms with Crippen molar-refractivity contribution in [1.29, 1.82) is 0 Å². The summed E-state index contributed by atoms with van der Waals surface area (Å²) in [6, 6.07) is 15.6. The predicted octanol–water partition coefficient (Wildman–Crippen LogP) is 5.01. The highest BCUT2D eigenvalue weighted by atomic mass is 35.5. The molecule has 1 aliphatic rings. The SMILES string of the molecule is O=C(c1ccc(Cl)c(Cl)c1)N1CCC(c2ccccc2)CC1. The Kier molecular flexibility index (Phi) is 4.70. The van der Waals surface area contributed by atoms with Gasteiger partial charge in [0.15, 0.2) is 0 Å². The Morgan fingerprint density at radius 3 is 2.27 bits per heavy atom. The number of benzene rings is 2. The van der Waals surface area contributed by atoms with Crippen molar-refractivity contribution < 1.29 is 4.79 Å². The zero-order valence-corrected chi connectivity index (χ0v) is 13.6. The van der Waals surface area contributed by atoms with Crippen molar-refractivity contribution in [2.45, 2.75) is 18.8 Å². The minimum Gasteiger partial charge on any atom is -0.339 e. The fourth-order valence-electron chi connectivity index (χ4n) is 2.95. The Hall–Kier alpha value is -1.51. The maximum atomic E-state index is 12.5. The van der Waals surface area contributed by atoms with Crippen LogP contribution in [0.1, 0.15) is 34.7 Å². The minimum atomic E-state index is 0.0325. The van der Waals surface area contributed by atoms with Crippen LogP contribution in [0.25, 0.3) is 0 Å². The van der Waals surface area contributed by atoms with Crippen LogP contribution in [0.3, 0.4) is 0 Å². The Morgan fingerprint density at radius 1 is 0.955 bits per heavy atom. The molecule has 1 amide bonds. The highest BCUT2D eigenvalue weighted by molar-refractivity contribution is 6.42. The molecule has 0 spiro atoms. The number of carbonyl (C=O) groups excluding carboxylic acids is 1. The number of carbonyl (C=O) groups is 1. The van der Waals surface area contributed by atoms with Crippen molar-refractivity contribution in [3.63, 3.8) is 0 Å². The molecule has 2 aromatic carbocycles. The molecule has 1 saturated heterocycles. The van der Waals surface area contributed by atoms with Gasteiger partial charge in [-0.05, 0) is 42.5 Å². The van der Waals surface area contributed by atoms with Crippen molar-refractivity contribution in [3.05, 3.63) is 69.7 Å². The van der Waals surface area contributed by atoms with E-state index >= 15 is 0 Å². The second-order valence-electron chi connectivity index (χ2n) is 5.61. The lowest BCUT2D eigenvalue weighted by atomic mass is 9.89. The molecule has 4 heteroatoms. The molecular weight excluding hydrogens is 317 g/mol. The molecule has 0 atom stereocenters. The maximum Gasteiger partial charge on any atom is 0.253 e. The first kappa shape index (κ1) is 15.4. The first-order valence-corrected chi connectivity index (χ1v) is 8.20. The van der Waals surface area contributed by atoms with Crippen molar-refractivity contribution >= 4 is 29.1 Å². The number of likely N-dealkylation sites (tertiary alicyclic amines) is 1. The molecule has 1 fully saturated rings. The Morgan fingerprint density at radius 2 is 1.64 bits per heavy atom. The van der Waals surface area contributed by atoms with E-state index < -0.39 is 0 Å². The van der Waals surface area contributed by atoms with Gasteiger partial charge in [0.25, 0.3) is 5.91 Å².